The summed E-state index contributed by atoms with van der Waals surface area (Å²) < 4.78 is 0. The minimum atomic E-state index is 0. The van der Waals surface area contributed by atoms with Gasteiger partial charge < -0.3 is 5.32 Å². The van der Waals surface area contributed by atoms with Gasteiger partial charge in [0.2, 0.25) is 0 Å². The van der Waals surface area contributed by atoms with E-state index in [0.29, 0.717) is 0 Å². The molecule has 0 amide bonds. The molecule has 0 spiro atoms. The summed E-state index contributed by atoms with van der Waals surface area (Å²) in [6.45, 7) is 0. The van der Waals surface area contributed by atoms with Crippen LogP contribution in [0.1, 0.15) is 0 Å². The molecule has 0 aromatic rings. The quantitative estimate of drug-likeness (QED) is 0.268. The van der Waals surface area contributed by atoms with Crippen molar-refractivity contribution < 1.29 is 29.6 Å². The van der Waals surface area contributed by atoms with E-state index >= 15 is 0 Å². The first-order valence-electron chi connectivity index (χ1n) is 0.894. The van der Waals surface area contributed by atoms with Gasteiger partial charge >= 0.3 is 29.6 Å². The van der Waals surface area contributed by atoms with Gasteiger partial charge in [-0.1, -0.05) is 0 Å². The summed E-state index contributed by atoms with van der Waals surface area (Å²) in [6.07, 6.45) is 0. The molecule has 0 radical (unpaired) electrons. The molecule has 0 N–H and O–H groups in total. The first-order valence-corrected chi connectivity index (χ1v) is 0.894. The van der Waals surface area contributed by atoms with Gasteiger partial charge in [-0.25, -0.2) is 0 Å². The van der Waals surface area contributed by atoms with E-state index in [0.717, 1.165) is 0 Å². The van der Waals surface area contributed by atoms with Crippen LogP contribution in [0.15, 0.2) is 0 Å². The minimum Gasteiger partial charge on any atom is -0.668 e. The molecule has 0 unspecified atom stereocenters. The van der Waals surface area contributed by atoms with Crippen LogP contribution in [0.4, 0.5) is 0 Å². The SMILES string of the molecule is B.B.C[N-]C.[Na+]. The van der Waals surface area contributed by atoms with E-state index in [2.05, 4.69) is 5.32 Å². The van der Waals surface area contributed by atoms with Crippen LogP contribution >= 0.6 is 0 Å². The Morgan fingerprint density at radius 2 is 1.00 bits per heavy atom. The van der Waals surface area contributed by atoms with Gasteiger partial charge in [0.1, 0.15) is 0 Å². The topological polar surface area (TPSA) is 14.1 Å². The van der Waals surface area contributed by atoms with Crippen LogP contribution in [0.5, 0.6) is 0 Å². The molecule has 6 heavy (non-hydrogen) atoms. The fraction of sp³-hybridized carbons (Fsp3) is 1.00. The molecule has 4 heteroatoms. The molecule has 0 bridgehead atoms. The summed E-state index contributed by atoms with van der Waals surface area (Å²) in [6, 6.07) is 0. The molecule has 0 atom stereocenters. The third-order valence-corrected chi connectivity index (χ3v) is 0. The zero-order valence-electron chi connectivity index (χ0n) is 3.45. The first-order chi connectivity index (χ1) is 1.41. The molecule has 0 aliphatic rings. The number of hydrogen-bond acceptors (Lipinski definition) is 0. The van der Waals surface area contributed by atoms with Gasteiger partial charge in [0, 0.05) is 0 Å². The van der Waals surface area contributed by atoms with Crippen molar-refractivity contribution in [2.75, 3.05) is 14.1 Å². The second kappa shape index (κ2) is 36.1. The third kappa shape index (κ3) is 71.7. The van der Waals surface area contributed by atoms with Crippen molar-refractivity contribution in [3.8, 4) is 0 Å². The van der Waals surface area contributed by atoms with Crippen molar-refractivity contribution in [3.63, 3.8) is 0 Å². The van der Waals surface area contributed by atoms with Gasteiger partial charge in [-0.05, 0) is 0 Å². The van der Waals surface area contributed by atoms with Gasteiger partial charge in [-0.3, -0.25) is 0 Å². The van der Waals surface area contributed by atoms with E-state index in [-0.39, 0.29) is 46.4 Å². The predicted octanol–water partition coefficient (Wildman–Crippen LogP) is -4.74. The van der Waals surface area contributed by atoms with Crippen molar-refractivity contribution in [2.24, 2.45) is 0 Å². The molecule has 0 aromatic heterocycles. The van der Waals surface area contributed by atoms with Crippen LogP contribution in [0.3, 0.4) is 0 Å². The van der Waals surface area contributed by atoms with Crippen LogP contribution in [-0.2, 0) is 0 Å². The standard InChI is InChI=1S/C2H6N.2BH3.Na/c1-3-2;;;/h1-2H3;2*1H3;/q-1;;;+1. The molecular weight excluding hydrogens is 82.6 g/mol. The molecule has 0 fully saturated rings. The Bertz CT molecular complexity index is 11.5. The monoisotopic (exact) mass is 95.1 g/mol. The summed E-state index contributed by atoms with van der Waals surface area (Å²) in [5.41, 5.74) is 0. The normalized spacial score (nSPS) is 3.00. The van der Waals surface area contributed by atoms with E-state index in [1.54, 1.807) is 14.1 Å². The largest absolute Gasteiger partial charge is 1.00 e. The Morgan fingerprint density at radius 3 is 1.00 bits per heavy atom. The number of rotatable bonds is 0. The number of nitrogens with zero attached hydrogens (tertiary/aromatic N) is 1. The summed E-state index contributed by atoms with van der Waals surface area (Å²) in [7, 11) is 3.50. The fourth-order valence-electron chi connectivity index (χ4n) is 0. The predicted molar refractivity (Wildman–Crippen MR) is 35.1 cm³/mol. The maximum atomic E-state index is 3.50. The van der Waals surface area contributed by atoms with Crippen molar-refractivity contribution in [1.82, 2.24) is 0 Å². The Hall–Kier alpha value is 1.09. The van der Waals surface area contributed by atoms with Gasteiger partial charge in [-0.15, -0.1) is 0 Å². The zero-order valence-corrected chi connectivity index (χ0v) is 5.45. The molecule has 32 valence electrons. The van der Waals surface area contributed by atoms with Crippen LogP contribution in [-0.4, -0.2) is 30.9 Å². The molecule has 0 aliphatic carbocycles. The Labute approximate surface area is 65.7 Å². The average molecular weight is 94.7 g/mol. The zero-order chi connectivity index (χ0) is 2.71. The molecular formula is C2H12B2NNa. The summed E-state index contributed by atoms with van der Waals surface area (Å²) >= 11 is 0. The smallest absolute Gasteiger partial charge is 0.668 e. The van der Waals surface area contributed by atoms with Crippen molar-refractivity contribution in [2.45, 2.75) is 0 Å². The maximum absolute atomic E-state index is 3.50. The molecule has 0 aromatic carbocycles. The minimum absolute atomic E-state index is 0. The van der Waals surface area contributed by atoms with Gasteiger partial charge in [0.25, 0.3) is 0 Å². The average Bonchev–Trinajstić information content (AvgIpc) is 0.918. The van der Waals surface area contributed by atoms with Crippen molar-refractivity contribution in [1.29, 1.82) is 0 Å². The van der Waals surface area contributed by atoms with Crippen LogP contribution < -0.4 is 29.6 Å². The van der Waals surface area contributed by atoms with E-state index in [9.17, 15) is 0 Å². The Balaban J connectivity index is -0.00000000667. The van der Waals surface area contributed by atoms with Crippen molar-refractivity contribution >= 4 is 16.8 Å². The summed E-state index contributed by atoms with van der Waals surface area (Å²) in [5.74, 6) is 0. The fourth-order valence-corrected chi connectivity index (χ4v) is 0. The molecule has 0 rings (SSSR count). The van der Waals surface area contributed by atoms with Crippen LogP contribution in [0.25, 0.3) is 5.32 Å². The maximum Gasteiger partial charge on any atom is 1.00 e. The molecule has 0 saturated heterocycles. The molecule has 0 heterocycles. The Morgan fingerprint density at radius 1 is 1.00 bits per heavy atom. The van der Waals surface area contributed by atoms with E-state index in [1.165, 1.54) is 0 Å². The van der Waals surface area contributed by atoms with Gasteiger partial charge in [0.15, 0.2) is 0 Å². The first kappa shape index (κ1) is 27.5. The third-order valence-electron chi connectivity index (χ3n) is 0. The Kier molecular flexibility index (Phi) is 166. The molecule has 0 saturated carbocycles. The van der Waals surface area contributed by atoms with Gasteiger partial charge in [0.05, 0.1) is 16.8 Å². The molecule has 1 nitrogen and oxygen atoms in total. The summed E-state index contributed by atoms with van der Waals surface area (Å²) in [4.78, 5) is 0. The van der Waals surface area contributed by atoms with E-state index < -0.39 is 0 Å². The van der Waals surface area contributed by atoms with Crippen LogP contribution in [0, 0.1) is 0 Å². The van der Waals surface area contributed by atoms with Crippen molar-refractivity contribution in [3.05, 3.63) is 5.32 Å². The van der Waals surface area contributed by atoms with Crippen LogP contribution in [0.2, 0.25) is 0 Å². The summed E-state index contributed by atoms with van der Waals surface area (Å²) in [5, 5.41) is 3.50. The van der Waals surface area contributed by atoms with E-state index in [1.807, 2.05) is 0 Å². The molecule has 0 aliphatic heterocycles. The van der Waals surface area contributed by atoms with E-state index in [4.69, 9.17) is 0 Å². The number of hydrogen-bond donors (Lipinski definition) is 0. The second-order valence-electron chi connectivity index (χ2n) is 0.447. The second-order valence-corrected chi connectivity index (χ2v) is 0.447. The van der Waals surface area contributed by atoms with Gasteiger partial charge in [-0.2, -0.15) is 14.1 Å².